The maximum Gasteiger partial charge on any atom is 0.178 e. The van der Waals surface area contributed by atoms with E-state index in [4.69, 9.17) is 0 Å². The highest BCUT2D eigenvalue weighted by Crippen LogP contribution is 1.65. The van der Waals surface area contributed by atoms with Crippen LogP contribution in [0.2, 0.25) is 6.82 Å². The average molecular weight is 93.9 g/mol. The molecule has 0 spiro atoms. The molecule has 3 heteroatoms. The minimum atomic E-state index is 1.04. The largest absolute Gasteiger partial charge is 0.292 e. The Balaban J connectivity index is 2.76. The molecule has 0 fully saturated rings. The molecule has 0 bridgehead atoms. The molecule has 7 heavy (non-hydrogen) atoms. The average Bonchev–Trinajstić information content (AvgIpc) is 2.14. The van der Waals surface area contributed by atoms with E-state index < -0.39 is 0 Å². The molecule has 0 saturated carbocycles. The Bertz CT molecular complexity index is 124. The summed E-state index contributed by atoms with van der Waals surface area (Å²) in [5.41, 5.74) is 1.19. The molecule has 2 nitrogen and oxygen atoms in total. The smallest absolute Gasteiger partial charge is 0.178 e. The molecule has 0 aromatic carbocycles. The number of hydrogen-bond donors (Lipinski definition) is 1. The second-order valence-corrected chi connectivity index (χ2v) is 1.44. The fraction of sp³-hybridized carbons (Fsp3) is 0.250. The van der Waals surface area contributed by atoms with Crippen LogP contribution in [0, 0.1) is 0 Å². The van der Waals surface area contributed by atoms with Crippen molar-refractivity contribution in [2.75, 3.05) is 0 Å². The Labute approximate surface area is 43.2 Å². The predicted molar refractivity (Wildman–Crippen MR) is 31.2 cm³/mol. The third-order valence-corrected chi connectivity index (χ3v) is 0.939. The van der Waals surface area contributed by atoms with Crippen molar-refractivity contribution in [3.63, 3.8) is 0 Å². The van der Waals surface area contributed by atoms with Crippen molar-refractivity contribution in [3.8, 4) is 0 Å². The topological polar surface area (TPSA) is 28.7 Å². The Hall–Kier alpha value is -0.725. The van der Waals surface area contributed by atoms with E-state index in [-0.39, 0.29) is 0 Å². The van der Waals surface area contributed by atoms with Gasteiger partial charge in [0.2, 0.25) is 0 Å². The standard InChI is InChI=1S/C4H7BN2/c1-5-4-2-3-6-7-4/h2-3,5H,1H3,(H,6,7). The Morgan fingerprint density at radius 3 is 3.00 bits per heavy atom. The normalized spacial score (nSPS) is 8.71. The van der Waals surface area contributed by atoms with Crippen molar-refractivity contribution in [1.82, 2.24) is 10.2 Å². The predicted octanol–water partition coefficient (Wildman–Crippen LogP) is -0.480. The summed E-state index contributed by atoms with van der Waals surface area (Å²) in [4.78, 5) is 0. The fourth-order valence-corrected chi connectivity index (χ4v) is 0.482. The van der Waals surface area contributed by atoms with E-state index in [1.165, 1.54) is 5.59 Å². The van der Waals surface area contributed by atoms with E-state index in [2.05, 4.69) is 17.0 Å². The van der Waals surface area contributed by atoms with Gasteiger partial charge >= 0.3 is 0 Å². The van der Waals surface area contributed by atoms with Gasteiger partial charge < -0.3 is 0 Å². The van der Waals surface area contributed by atoms with Crippen LogP contribution in [-0.4, -0.2) is 17.5 Å². The Kier molecular flexibility index (Phi) is 1.15. The molecule has 1 aromatic rings. The summed E-state index contributed by atoms with van der Waals surface area (Å²) < 4.78 is 0. The van der Waals surface area contributed by atoms with Crippen molar-refractivity contribution in [2.24, 2.45) is 0 Å². The number of aromatic nitrogens is 2. The minimum absolute atomic E-state index is 1.04. The highest BCUT2D eigenvalue weighted by Gasteiger charge is 1.84. The number of H-pyrrole nitrogens is 1. The van der Waals surface area contributed by atoms with E-state index in [9.17, 15) is 0 Å². The molecular formula is C4H7BN2. The van der Waals surface area contributed by atoms with Gasteiger partial charge in [-0.3, -0.25) is 5.10 Å². The lowest BCUT2D eigenvalue weighted by Gasteiger charge is -1.77. The van der Waals surface area contributed by atoms with Gasteiger partial charge in [0.1, 0.15) is 0 Å². The molecule has 1 aromatic heterocycles. The molecular weight excluding hydrogens is 86.9 g/mol. The summed E-state index contributed by atoms with van der Waals surface area (Å²) in [6.07, 6.45) is 1.76. The first-order valence-corrected chi connectivity index (χ1v) is 2.41. The first kappa shape index (κ1) is 4.43. The maximum atomic E-state index is 3.77. The van der Waals surface area contributed by atoms with Crippen LogP contribution in [0.4, 0.5) is 0 Å². The van der Waals surface area contributed by atoms with Gasteiger partial charge in [-0.2, -0.15) is 5.10 Å². The van der Waals surface area contributed by atoms with Crippen LogP contribution in [0.3, 0.4) is 0 Å². The molecule has 1 N–H and O–H groups in total. The van der Waals surface area contributed by atoms with Crippen LogP contribution in [0.1, 0.15) is 0 Å². The van der Waals surface area contributed by atoms with Gasteiger partial charge in [-0.25, -0.2) is 0 Å². The van der Waals surface area contributed by atoms with Gasteiger partial charge in [-0.1, -0.05) is 6.82 Å². The van der Waals surface area contributed by atoms with Crippen LogP contribution in [-0.2, 0) is 0 Å². The maximum absolute atomic E-state index is 3.77. The van der Waals surface area contributed by atoms with Crippen molar-refractivity contribution in [3.05, 3.63) is 12.3 Å². The number of nitrogens with one attached hydrogen (secondary N) is 1. The SMILES string of the molecule is CBc1ccn[nH]1. The van der Waals surface area contributed by atoms with Gasteiger partial charge in [0.05, 0.1) is 0 Å². The van der Waals surface area contributed by atoms with E-state index in [0.717, 1.165) is 7.28 Å². The molecule has 0 aliphatic carbocycles. The van der Waals surface area contributed by atoms with Crippen LogP contribution in [0.5, 0.6) is 0 Å². The summed E-state index contributed by atoms with van der Waals surface area (Å²) in [5, 5.41) is 6.60. The zero-order valence-corrected chi connectivity index (χ0v) is 4.31. The van der Waals surface area contributed by atoms with E-state index in [1.54, 1.807) is 6.20 Å². The third kappa shape index (κ3) is 0.826. The number of aromatic amines is 1. The molecule has 0 saturated heterocycles. The zero-order valence-electron chi connectivity index (χ0n) is 4.31. The monoisotopic (exact) mass is 94.1 g/mol. The highest BCUT2D eigenvalue weighted by molar-refractivity contribution is 6.50. The molecule has 1 rings (SSSR count). The molecule has 0 radical (unpaired) electrons. The Morgan fingerprint density at radius 2 is 2.71 bits per heavy atom. The number of nitrogens with zero attached hydrogens (tertiary/aromatic N) is 1. The minimum Gasteiger partial charge on any atom is -0.292 e. The van der Waals surface area contributed by atoms with Crippen molar-refractivity contribution < 1.29 is 0 Å². The zero-order chi connectivity index (χ0) is 5.11. The quantitative estimate of drug-likeness (QED) is 0.467. The molecule has 0 amide bonds. The molecule has 0 unspecified atom stereocenters. The third-order valence-electron chi connectivity index (χ3n) is 0.939. The second-order valence-electron chi connectivity index (χ2n) is 1.44. The highest BCUT2D eigenvalue weighted by atomic mass is 15.1. The molecule has 1 heterocycles. The van der Waals surface area contributed by atoms with Crippen LogP contribution < -0.4 is 5.59 Å². The summed E-state index contributed by atoms with van der Waals surface area (Å²) in [7, 11) is 1.04. The molecule has 0 atom stereocenters. The van der Waals surface area contributed by atoms with Crippen molar-refractivity contribution >= 4 is 12.9 Å². The van der Waals surface area contributed by atoms with Crippen molar-refractivity contribution in [2.45, 2.75) is 6.82 Å². The lowest BCUT2D eigenvalue weighted by atomic mass is 9.78. The van der Waals surface area contributed by atoms with E-state index in [1.807, 2.05) is 6.07 Å². The first-order chi connectivity index (χ1) is 3.43. The summed E-state index contributed by atoms with van der Waals surface area (Å²) in [6.45, 7) is 2.09. The fourth-order valence-electron chi connectivity index (χ4n) is 0.482. The van der Waals surface area contributed by atoms with Gasteiger partial charge in [0, 0.05) is 6.20 Å². The lowest BCUT2D eigenvalue weighted by molar-refractivity contribution is 1.11. The van der Waals surface area contributed by atoms with Crippen LogP contribution in [0.25, 0.3) is 0 Å². The molecule has 36 valence electrons. The number of hydrogen-bond acceptors (Lipinski definition) is 1. The van der Waals surface area contributed by atoms with Gasteiger partial charge in [0.25, 0.3) is 0 Å². The van der Waals surface area contributed by atoms with Crippen molar-refractivity contribution in [1.29, 1.82) is 0 Å². The van der Waals surface area contributed by atoms with Crippen LogP contribution >= 0.6 is 0 Å². The van der Waals surface area contributed by atoms with Gasteiger partial charge in [-0.15, -0.1) is 0 Å². The van der Waals surface area contributed by atoms with Gasteiger partial charge in [-0.05, 0) is 11.7 Å². The van der Waals surface area contributed by atoms with Gasteiger partial charge in [0.15, 0.2) is 7.28 Å². The molecule has 0 aliphatic rings. The van der Waals surface area contributed by atoms with E-state index >= 15 is 0 Å². The summed E-state index contributed by atoms with van der Waals surface area (Å²) in [6, 6.07) is 1.97. The van der Waals surface area contributed by atoms with Crippen LogP contribution in [0.15, 0.2) is 12.3 Å². The molecule has 0 aliphatic heterocycles. The Morgan fingerprint density at radius 1 is 1.86 bits per heavy atom. The summed E-state index contributed by atoms with van der Waals surface area (Å²) in [5.74, 6) is 0. The first-order valence-electron chi connectivity index (χ1n) is 2.41. The second kappa shape index (κ2) is 1.82. The summed E-state index contributed by atoms with van der Waals surface area (Å²) >= 11 is 0. The lowest BCUT2D eigenvalue weighted by Crippen LogP contribution is -2.10. The van der Waals surface area contributed by atoms with E-state index in [0.29, 0.717) is 0 Å². The number of rotatable bonds is 1.